The van der Waals surface area contributed by atoms with Crippen molar-refractivity contribution in [2.45, 2.75) is 25.8 Å². The van der Waals surface area contributed by atoms with Crippen LogP contribution in [0.1, 0.15) is 30.1 Å². The van der Waals surface area contributed by atoms with Gasteiger partial charge in [-0.25, -0.2) is 4.98 Å². The zero-order valence-electron chi connectivity index (χ0n) is 14.2. The fourth-order valence-corrected chi connectivity index (χ4v) is 2.93. The van der Waals surface area contributed by atoms with Crippen molar-refractivity contribution in [2.24, 2.45) is 5.92 Å². The van der Waals surface area contributed by atoms with Crippen molar-refractivity contribution in [2.75, 3.05) is 17.2 Å². The van der Waals surface area contributed by atoms with Crippen LogP contribution in [0.25, 0.3) is 0 Å². The molecule has 0 aliphatic carbocycles. The van der Waals surface area contributed by atoms with Crippen molar-refractivity contribution in [3.8, 4) is 0 Å². The second-order valence-corrected chi connectivity index (χ2v) is 6.32. The van der Waals surface area contributed by atoms with Gasteiger partial charge in [-0.1, -0.05) is 18.2 Å². The van der Waals surface area contributed by atoms with Gasteiger partial charge in [0.05, 0.1) is 11.9 Å². The Hall–Kier alpha value is -2.73. The Balaban J connectivity index is 1.57. The van der Waals surface area contributed by atoms with Crippen LogP contribution in [0.3, 0.4) is 0 Å². The molecule has 25 heavy (non-hydrogen) atoms. The minimum Gasteiger partial charge on any atom is -0.324 e. The van der Waals surface area contributed by atoms with Crippen LogP contribution in [0.2, 0.25) is 0 Å². The molecule has 0 saturated carbocycles. The first-order valence-corrected chi connectivity index (χ1v) is 8.48. The number of carbonyl (C=O) groups excluding carboxylic acids is 2. The first-order chi connectivity index (χ1) is 12.1. The molecular weight excluding hydrogens is 316 g/mol. The summed E-state index contributed by atoms with van der Waals surface area (Å²) in [4.78, 5) is 28.6. The minimum atomic E-state index is -0.214. The van der Waals surface area contributed by atoms with Crippen molar-refractivity contribution in [1.29, 1.82) is 0 Å². The summed E-state index contributed by atoms with van der Waals surface area (Å²) in [6.07, 6.45) is 3.24. The number of nitrogens with zero attached hydrogens (tertiary/aromatic N) is 1. The number of piperidine rings is 1. The number of hydrogen-bond donors (Lipinski definition) is 3. The number of amides is 2. The summed E-state index contributed by atoms with van der Waals surface area (Å²) in [5, 5.41) is 8.98. The molecule has 2 heterocycles. The molecule has 6 heteroatoms. The molecular formula is C19H22N4O2. The zero-order chi connectivity index (χ0) is 17.6. The van der Waals surface area contributed by atoms with Crippen LogP contribution in [0.4, 0.5) is 11.5 Å². The van der Waals surface area contributed by atoms with Crippen LogP contribution >= 0.6 is 0 Å². The lowest BCUT2D eigenvalue weighted by atomic mass is 9.92. The number of benzene rings is 1. The van der Waals surface area contributed by atoms with Gasteiger partial charge in [0.2, 0.25) is 5.91 Å². The summed E-state index contributed by atoms with van der Waals surface area (Å²) in [6.45, 7) is 2.95. The average Bonchev–Trinajstić information content (AvgIpc) is 2.64. The quantitative estimate of drug-likeness (QED) is 0.800. The lowest BCUT2D eigenvalue weighted by Crippen LogP contribution is -2.40. The van der Waals surface area contributed by atoms with E-state index in [2.05, 4.69) is 27.9 Å². The van der Waals surface area contributed by atoms with Gasteiger partial charge in [0.25, 0.3) is 5.91 Å². The van der Waals surface area contributed by atoms with Gasteiger partial charge < -0.3 is 16.0 Å². The predicted molar refractivity (Wildman–Crippen MR) is 97.5 cm³/mol. The number of hydrogen-bond acceptors (Lipinski definition) is 4. The first kappa shape index (κ1) is 17.1. The summed E-state index contributed by atoms with van der Waals surface area (Å²) in [5.74, 6) is 0.279. The Morgan fingerprint density at radius 2 is 1.92 bits per heavy atom. The number of pyridine rings is 1. The predicted octanol–water partition coefficient (Wildman–Crippen LogP) is 2.66. The number of carbonyl (C=O) groups is 2. The van der Waals surface area contributed by atoms with E-state index in [-0.39, 0.29) is 17.7 Å². The van der Waals surface area contributed by atoms with E-state index >= 15 is 0 Å². The van der Waals surface area contributed by atoms with Crippen molar-refractivity contribution < 1.29 is 9.59 Å². The van der Waals surface area contributed by atoms with E-state index in [4.69, 9.17) is 0 Å². The van der Waals surface area contributed by atoms with Crippen molar-refractivity contribution >= 4 is 23.3 Å². The highest BCUT2D eigenvalue weighted by Crippen LogP contribution is 2.19. The lowest BCUT2D eigenvalue weighted by Gasteiger charge is -2.27. The van der Waals surface area contributed by atoms with Gasteiger partial charge in [-0.05, 0) is 50.6 Å². The van der Waals surface area contributed by atoms with Gasteiger partial charge in [-0.3, -0.25) is 9.59 Å². The normalized spacial score (nSPS) is 19.9. The highest BCUT2D eigenvalue weighted by molar-refractivity contribution is 6.03. The maximum Gasteiger partial charge on any atom is 0.256 e. The van der Waals surface area contributed by atoms with Crippen molar-refractivity contribution in [3.05, 3.63) is 54.2 Å². The summed E-state index contributed by atoms with van der Waals surface area (Å²) in [5.41, 5.74) is 1.20. The summed E-state index contributed by atoms with van der Waals surface area (Å²) in [6, 6.07) is 12.7. The second-order valence-electron chi connectivity index (χ2n) is 6.32. The third-order valence-electron chi connectivity index (χ3n) is 4.30. The molecule has 3 N–H and O–H groups in total. The number of nitrogens with one attached hydrogen (secondary N) is 3. The molecule has 1 aliphatic rings. The molecule has 130 valence electrons. The van der Waals surface area contributed by atoms with Crippen LogP contribution in [0.15, 0.2) is 48.7 Å². The highest BCUT2D eigenvalue weighted by Gasteiger charge is 2.24. The van der Waals surface area contributed by atoms with Gasteiger partial charge in [-0.15, -0.1) is 0 Å². The van der Waals surface area contributed by atoms with Crippen molar-refractivity contribution in [1.82, 2.24) is 10.3 Å². The maximum atomic E-state index is 12.3. The highest BCUT2D eigenvalue weighted by atomic mass is 16.2. The molecule has 3 rings (SSSR count). The van der Waals surface area contributed by atoms with Crippen LogP contribution < -0.4 is 16.0 Å². The third kappa shape index (κ3) is 4.64. The number of aromatic nitrogens is 1. The zero-order valence-corrected chi connectivity index (χ0v) is 14.2. The molecule has 1 saturated heterocycles. The molecule has 2 atom stereocenters. The fraction of sp³-hybridized carbons (Fsp3) is 0.316. The van der Waals surface area contributed by atoms with E-state index in [0.717, 1.165) is 19.4 Å². The number of rotatable bonds is 4. The SMILES string of the molecule is C[C@H]1C[C@@H](C(=O)Nc2ccc(NC(=O)c3ccccc3)nc2)CCN1. The molecule has 6 nitrogen and oxygen atoms in total. The van der Waals surface area contributed by atoms with Crippen LogP contribution in [0.5, 0.6) is 0 Å². The van der Waals surface area contributed by atoms with E-state index in [9.17, 15) is 9.59 Å². The largest absolute Gasteiger partial charge is 0.324 e. The molecule has 1 aliphatic heterocycles. The van der Waals surface area contributed by atoms with E-state index in [0.29, 0.717) is 23.1 Å². The fourth-order valence-electron chi connectivity index (χ4n) is 2.93. The lowest BCUT2D eigenvalue weighted by molar-refractivity contribution is -0.120. The Morgan fingerprint density at radius 1 is 1.12 bits per heavy atom. The molecule has 1 aromatic carbocycles. The first-order valence-electron chi connectivity index (χ1n) is 8.48. The molecule has 2 amide bonds. The molecule has 1 fully saturated rings. The molecule has 0 radical (unpaired) electrons. The van der Waals surface area contributed by atoms with Gasteiger partial charge in [0.1, 0.15) is 5.82 Å². The minimum absolute atomic E-state index is 0.0220. The van der Waals surface area contributed by atoms with Gasteiger partial charge in [0, 0.05) is 17.5 Å². The maximum absolute atomic E-state index is 12.3. The van der Waals surface area contributed by atoms with E-state index < -0.39 is 0 Å². The van der Waals surface area contributed by atoms with Crippen molar-refractivity contribution in [3.63, 3.8) is 0 Å². The summed E-state index contributed by atoms with van der Waals surface area (Å²) in [7, 11) is 0. The summed E-state index contributed by atoms with van der Waals surface area (Å²) >= 11 is 0. The van der Waals surface area contributed by atoms with Crippen LogP contribution in [0, 0.1) is 5.92 Å². The van der Waals surface area contributed by atoms with Gasteiger partial charge in [-0.2, -0.15) is 0 Å². The Kier molecular flexibility index (Phi) is 5.40. The third-order valence-corrected chi connectivity index (χ3v) is 4.30. The standard InChI is InChI=1S/C19H22N4O2/c1-13-11-15(9-10-20-13)19(25)22-16-7-8-17(21-12-16)23-18(24)14-5-3-2-4-6-14/h2-8,12-13,15,20H,9-11H2,1H3,(H,22,25)(H,21,23,24)/t13-,15-/m0/s1. The second kappa shape index (κ2) is 7.90. The Labute approximate surface area is 147 Å². The Morgan fingerprint density at radius 3 is 2.60 bits per heavy atom. The van der Waals surface area contributed by atoms with Gasteiger partial charge in [0.15, 0.2) is 0 Å². The average molecular weight is 338 g/mol. The van der Waals surface area contributed by atoms with Crippen LogP contribution in [-0.2, 0) is 4.79 Å². The topological polar surface area (TPSA) is 83.1 Å². The van der Waals surface area contributed by atoms with Gasteiger partial charge >= 0.3 is 0 Å². The summed E-state index contributed by atoms with van der Waals surface area (Å²) < 4.78 is 0. The monoisotopic (exact) mass is 338 g/mol. The molecule has 1 aromatic heterocycles. The van der Waals surface area contributed by atoms with E-state index in [1.807, 2.05) is 18.2 Å². The van der Waals surface area contributed by atoms with E-state index in [1.54, 1.807) is 30.5 Å². The smallest absolute Gasteiger partial charge is 0.256 e. The Bertz CT molecular complexity index is 731. The van der Waals surface area contributed by atoms with Crippen LogP contribution in [-0.4, -0.2) is 29.4 Å². The molecule has 0 unspecified atom stereocenters. The molecule has 0 bridgehead atoms. The molecule has 0 spiro atoms. The molecule has 2 aromatic rings. The van der Waals surface area contributed by atoms with E-state index in [1.165, 1.54) is 0 Å². The number of anilines is 2.